The monoisotopic (exact) mass is 408 g/mol. The standard InChI is InChI=1S/C19H36OS2.Zn/c1-2-3-4-5-6-7-8-9-10-11-12-13-14-15-16-17-18-20-19(21)22;/h9-10H,2-8,11-18H2,1H3,(H,21,22);/b10-9-;. The topological polar surface area (TPSA) is 9.23 Å². The fourth-order valence-electron chi connectivity index (χ4n) is 2.51. The second-order valence-electron chi connectivity index (χ2n) is 6.05. The molecule has 0 fully saturated rings. The van der Waals surface area contributed by atoms with Crippen LogP contribution in [0.3, 0.4) is 0 Å². The number of rotatable bonds is 16. The van der Waals surface area contributed by atoms with Gasteiger partial charge >= 0.3 is 0 Å². The van der Waals surface area contributed by atoms with Gasteiger partial charge in [-0.2, -0.15) is 0 Å². The molecule has 0 atom stereocenters. The van der Waals surface area contributed by atoms with E-state index in [0.717, 1.165) is 13.0 Å². The number of thiocarbonyl (C=S) groups is 1. The smallest absolute Gasteiger partial charge is 0.216 e. The van der Waals surface area contributed by atoms with Crippen molar-refractivity contribution in [3.63, 3.8) is 0 Å². The number of thiol groups is 1. The first kappa shape index (κ1) is 25.8. The van der Waals surface area contributed by atoms with E-state index in [4.69, 9.17) is 17.0 Å². The number of allylic oxidation sites excluding steroid dienone is 2. The summed E-state index contributed by atoms with van der Waals surface area (Å²) in [6.07, 6.45) is 23.4. The molecule has 0 aromatic rings. The summed E-state index contributed by atoms with van der Waals surface area (Å²) in [5.74, 6) is 0. The van der Waals surface area contributed by atoms with Crippen LogP contribution < -0.4 is 0 Å². The predicted octanol–water partition coefficient (Wildman–Crippen LogP) is 7.25. The van der Waals surface area contributed by atoms with E-state index in [2.05, 4.69) is 31.7 Å². The molecule has 0 spiro atoms. The zero-order chi connectivity index (χ0) is 16.3. The molecule has 0 saturated heterocycles. The van der Waals surface area contributed by atoms with Gasteiger partial charge in [-0.05, 0) is 44.3 Å². The van der Waals surface area contributed by atoms with Crippen LogP contribution in [0.4, 0.5) is 0 Å². The molecule has 4 heteroatoms. The fourth-order valence-corrected chi connectivity index (χ4v) is 2.68. The van der Waals surface area contributed by atoms with Crippen molar-refractivity contribution < 1.29 is 24.2 Å². The Balaban J connectivity index is 0. The summed E-state index contributed by atoms with van der Waals surface area (Å²) in [6, 6.07) is 0. The van der Waals surface area contributed by atoms with Crippen molar-refractivity contribution in [1.29, 1.82) is 0 Å². The van der Waals surface area contributed by atoms with E-state index in [1.165, 1.54) is 83.5 Å². The van der Waals surface area contributed by atoms with Crippen LogP contribution in [0.15, 0.2) is 12.2 Å². The number of hydrogen-bond acceptors (Lipinski definition) is 2. The summed E-state index contributed by atoms with van der Waals surface area (Å²) in [6.45, 7) is 3.00. The molecule has 0 rings (SSSR count). The van der Waals surface area contributed by atoms with E-state index < -0.39 is 0 Å². The van der Waals surface area contributed by atoms with Gasteiger partial charge in [0, 0.05) is 19.5 Å². The van der Waals surface area contributed by atoms with Gasteiger partial charge in [-0.1, -0.05) is 89.5 Å². The minimum Gasteiger partial charge on any atom is -0.479 e. The maximum Gasteiger partial charge on any atom is 0.216 e. The molecule has 0 unspecified atom stereocenters. The third-order valence-corrected chi connectivity index (χ3v) is 4.13. The molecule has 0 aliphatic heterocycles. The van der Waals surface area contributed by atoms with Crippen LogP contribution in [0.5, 0.6) is 0 Å². The van der Waals surface area contributed by atoms with E-state index in [1.54, 1.807) is 0 Å². The first-order chi connectivity index (χ1) is 10.8. The fraction of sp³-hybridized carbons (Fsp3) is 0.842. The van der Waals surface area contributed by atoms with Crippen LogP contribution in [-0.2, 0) is 24.2 Å². The summed E-state index contributed by atoms with van der Waals surface area (Å²) in [5.41, 5.74) is 0. The van der Waals surface area contributed by atoms with Crippen molar-refractivity contribution in [2.45, 2.75) is 96.8 Å². The van der Waals surface area contributed by atoms with Gasteiger partial charge in [0.05, 0.1) is 6.61 Å². The van der Waals surface area contributed by atoms with Crippen molar-refractivity contribution >= 4 is 29.2 Å². The van der Waals surface area contributed by atoms with Crippen LogP contribution in [0.2, 0.25) is 0 Å². The number of ether oxygens (including phenoxy) is 1. The quantitative estimate of drug-likeness (QED) is 0.0944. The number of hydrogen-bond donors (Lipinski definition) is 1. The zero-order valence-electron chi connectivity index (χ0n) is 15.2. The summed E-state index contributed by atoms with van der Waals surface area (Å²) in [7, 11) is 0. The van der Waals surface area contributed by atoms with E-state index in [0.29, 0.717) is 4.38 Å². The maximum absolute atomic E-state index is 5.15. The Morgan fingerprint density at radius 2 is 1.22 bits per heavy atom. The molecule has 0 aliphatic rings. The first-order valence-electron chi connectivity index (χ1n) is 9.28. The van der Waals surface area contributed by atoms with Gasteiger partial charge in [0.1, 0.15) is 0 Å². The van der Waals surface area contributed by atoms with Crippen molar-refractivity contribution in [2.75, 3.05) is 6.61 Å². The first-order valence-corrected chi connectivity index (χ1v) is 10.1. The van der Waals surface area contributed by atoms with Gasteiger partial charge in [0.25, 0.3) is 0 Å². The largest absolute Gasteiger partial charge is 0.479 e. The Kier molecular flexibility index (Phi) is 25.4. The maximum atomic E-state index is 5.15. The molecule has 0 aliphatic carbocycles. The van der Waals surface area contributed by atoms with Crippen molar-refractivity contribution in [3.8, 4) is 0 Å². The van der Waals surface area contributed by atoms with Gasteiger partial charge in [0.15, 0.2) is 0 Å². The van der Waals surface area contributed by atoms with Gasteiger partial charge in [0.2, 0.25) is 4.38 Å². The van der Waals surface area contributed by atoms with Gasteiger partial charge in [-0.3, -0.25) is 0 Å². The summed E-state index contributed by atoms with van der Waals surface area (Å²) in [5, 5.41) is 0. The van der Waals surface area contributed by atoms with E-state index in [1.807, 2.05) is 0 Å². The van der Waals surface area contributed by atoms with E-state index >= 15 is 0 Å². The summed E-state index contributed by atoms with van der Waals surface area (Å²) < 4.78 is 5.52. The summed E-state index contributed by atoms with van der Waals surface area (Å²) in [4.78, 5) is 0. The molecule has 0 bridgehead atoms. The predicted molar refractivity (Wildman–Crippen MR) is 107 cm³/mol. The Bertz CT molecular complexity index is 270. The number of unbranched alkanes of at least 4 members (excludes halogenated alkanes) is 12. The van der Waals surface area contributed by atoms with Gasteiger partial charge in [-0.25, -0.2) is 0 Å². The average molecular weight is 410 g/mol. The van der Waals surface area contributed by atoms with Crippen molar-refractivity contribution in [3.05, 3.63) is 12.2 Å². The van der Waals surface area contributed by atoms with Gasteiger partial charge in [-0.15, -0.1) is 0 Å². The van der Waals surface area contributed by atoms with Crippen molar-refractivity contribution in [1.82, 2.24) is 0 Å². The second-order valence-corrected chi connectivity index (χ2v) is 7.13. The van der Waals surface area contributed by atoms with Crippen LogP contribution in [0.25, 0.3) is 0 Å². The van der Waals surface area contributed by atoms with Crippen LogP contribution in [-0.4, -0.2) is 11.0 Å². The Morgan fingerprint density at radius 3 is 1.70 bits per heavy atom. The molecule has 1 nitrogen and oxygen atoms in total. The molecule has 0 N–H and O–H groups in total. The van der Waals surface area contributed by atoms with Gasteiger partial charge < -0.3 is 4.74 Å². The molecular weight excluding hydrogens is 374 g/mol. The Labute approximate surface area is 168 Å². The molecule has 0 heterocycles. The van der Waals surface area contributed by atoms with Crippen LogP contribution >= 0.6 is 24.8 Å². The molecule has 0 saturated carbocycles. The molecule has 0 aromatic carbocycles. The third kappa shape index (κ3) is 25.0. The van der Waals surface area contributed by atoms with Crippen LogP contribution in [0, 0.1) is 0 Å². The third-order valence-electron chi connectivity index (χ3n) is 3.88. The van der Waals surface area contributed by atoms with Crippen molar-refractivity contribution in [2.24, 2.45) is 0 Å². The molecular formula is C19H36OS2Zn. The SMILES string of the molecule is CCCCCCCC/C=C\CCCCCCCCOC(=S)S.[Zn]. The Morgan fingerprint density at radius 1 is 0.783 bits per heavy atom. The molecule has 23 heavy (non-hydrogen) atoms. The van der Waals surface area contributed by atoms with E-state index in [9.17, 15) is 0 Å². The second kappa shape index (κ2) is 22.6. The summed E-state index contributed by atoms with van der Waals surface area (Å²) >= 11 is 8.67. The molecule has 0 aromatic heterocycles. The average Bonchev–Trinajstić information content (AvgIpc) is 2.50. The minimum atomic E-state index is 0. The zero-order valence-corrected chi connectivity index (χ0v) is 19.9. The molecule has 0 amide bonds. The Hall–Kier alpha value is 0.603. The molecule has 132 valence electrons. The normalized spacial score (nSPS) is 10.7. The van der Waals surface area contributed by atoms with Crippen LogP contribution in [0.1, 0.15) is 96.8 Å². The minimum absolute atomic E-state index is 0. The molecule has 0 radical (unpaired) electrons. The van der Waals surface area contributed by atoms with E-state index in [-0.39, 0.29) is 19.5 Å².